The molecule has 0 saturated carbocycles. The second kappa shape index (κ2) is 8.87. The van der Waals surface area contributed by atoms with Crippen LogP contribution in [0, 0.1) is 17.2 Å². The number of carbonyl (C=O) groups is 1. The predicted molar refractivity (Wildman–Crippen MR) is 119 cm³/mol. The van der Waals surface area contributed by atoms with Crippen LogP contribution in [0.4, 0.5) is 13.2 Å². The van der Waals surface area contributed by atoms with Crippen molar-refractivity contribution in [2.75, 3.05) is 6.54 Å². The lowest BCUT2D eigenvalue weighted by Gasteiger charge is -2.20. The average Bonchev–Trinajstić information content (AvgIpc) is 3.27. The molecule has 9 heteroatoms. The summed E-state index contributed by atoms with van der Waals surface area (Å²) in [4.78, 5) is 27.7. The minimum Gasteiger partial charge on any atom is -0.339 e. The number of nitriles is 1. The fourth-order valence-corrected chi connectivity index (χ4v) is 4.52. The van der Waals surface area contributed by atoms with Gasteiger partial charge in [-0.15, -0.1) is 0 Å². The Labute approximate surface area is 187 Å². The number of alkyl halides is 3. The van der Waals surface area contributed by atoms with Crippen molar-refractivity contribution in [3.63, 3.8) is 0 Å². The first-order valence-corrected chi connectivity index (χ1v) is 10.8. The molecule has 172 valence electrons. The van der Waals surface area contributed by atoms with E-state index in [9.17, 15) is 28.0 Å². The monoisotopic (exact) mass is 456 g/mol. The Morgan fingerprint density at radius 1 is 1.21 bits per heavy atom. The fraction of sp³-hybridized carbons (Fsp3) is 0.375. The van der Waals surface area contributed by atoms with E-state index in [2.05, 4.69) is 21.7 Å². The Kier molecular flexibility index (Phi) is 6.13. The summed E-state index contributed by atoms with van der Waals surface area (Å²) in [6.07, 6.45) is -2.52. The van der Waals surface area contributed by atoms with E-state index in [1.54, 1.807) is 18.2 Å². The summed E-state index contributed by atoms with van der Waals surface area (Å²) in [5, 5.41) is 16.8. The summed E-state index contributed by atoms with van der Waals surface area (Å²) < 4.78 is 39.1. The van der Waals surface area contributed by atoms with Crippen molar-refractivity contribution in [3.8, 4) is 6.07 Å². The van der Waals surface area contributed by atoms with E-state index in [1.165, 1.54) is 6.07 Å². The minimum atomic E-state index is -4.51. The van der Waals surface area contributed by atoms with E-state index in [4.69, 9.17) is 0 Å². The number of amides is 1. The van der Waals surface area contributed by atoms with E-state index in [-0.39, 0.29) is 29.8 Å². The van der Waals surface area contributed by atoms with Crippen molar-refractivity contribution < 1.29 is 18.0 Å². The van der Waals surface area contributed by atoms with Crippen molar-refractivity contribution in [1.29, 1.82) is 5.26 Å². The standard InChI is InChI=1S/C24H23F3N4O2/c1-2-14-7-8-29-21(14)23(33)30-16(12-28)9-13-3-5-17-18-6-4-15(24(25,26)27)11-20(18)31-22(32)19(17)10-13/h3-6,10-11,14,16,21,29H,2,7-9H2,1H3,(H,30,33)(H,31,32)/t14-,16-,21-/m0/s1. The number of hydrogen-bond donors (Lipinski definition) is 3. The van der Waals surface area contributed by atoms with Crippen LogP contribution in [0.2, 0.25) is 0 Å². The third-order valence-corrected chi connectivity index (χ3v) is 6.28. The average molecular weight is 456 g/mol. The van der Waals surface area contributed by atoms with Crippen molar-refractivity contribution in [2.24, 2.45) is 5.92 Å². The maximum absolute atomic E-state index is 13.0. The molecule has 0 spiro atoms. The van der Waals surface area contributed by atoms with Crippen LogP contribution in [-0.4, -0.2) is 29.5 Å². The zero-order valence-electron chi connectivity index (χ0n) is 17.9. The van der Waals surface area contributed by atoms with Gasteiger partial charge < -0.3 is 15.6 Å². The van der Waals surface area contributed by atoms with Gasteiger partial charge in [0, 0.05) is 22.7 Å². The number of nitrogens with zero attached hydrogens (tertiary/aromatic N) is 1. The Hall–Kier alpha value is -3.38. The Morgan fingerprint density at radius 2 is 1.97 bits per heavy atom. The quantitative estimate of drug-likeness (QED) is 0.511. The van der Waals surface area contributed by atoms with Crippen molar-refractivity contribution in [3.05, 3.63) is 57.9 Å². The van der Waals surface area contributed by atoms with Gasteiger partial charge in [0.25, 0.3) is 5.56 Å². The molecule has 3 aromatic rings. The van der Waals surface area contributed by atoms with Crippen LogP contribution in [0.15, 0.2) is 41.2 Å². The Morgan fingerprint density at radius 3 is 2.67 bits per heavy atom. The summed E-state index contributed by atoms with van der Waals surface area (Å²) in [5.74, 6) is 0.0192. The number of nitrogens with one attached hydrogen (secondary N) is 3. The summed E-state index contributed by atoms with van der Waals surface area (Å²) >= 11 is 0. The van der Waals surface area contributed by atoms with E-state index in [0.29, 0.717) is 21.7 Å². The molecule has 0 bridgehead atoms. The maximum Gasteiger partial charge on any atom is 0.416 e. The van der Waals surface area contributed by atoms with Crippen LogP contribution in [0.5, 0.6) is 0 Å². The molecule has 2 aromatic carbocycles. The normalized spacial score (nSPS) is 19.5. The molecule has 0 unspecified atom stereocenters. The number of aromatic amines is 1. The van der Waals surface area contributed by atoms with Crippen molar-refractivity contribution >= 4 is 27.6 Å². The maximum atomic E-state index is 13.0. The van der Waals surface area contributed by atoms with Gasteiger partial charge in [-0.3, -0.25) is 9.59 Å². The second-order valence-corrected chi connectivity index (χ2v) is 8.38. The SMILES string of the molecule is CC[C@H]1CCN[C@@H]1C(=O)N[C@H](C#N)Cc1ccc2c(c1)c(=O)[nH]c1cc(C(F)(F)F)ccc12. The summed E-state index contributed by atoms with van der Waals surface area (Å²) in [6.45, 7) is 2.79. The second-order valence-electron chi connectivity index (χ2n) is 8.38. The van der Waals surface area contributed by atoms with Crippen LogP contribution in [-0.2, 0) is 17.4 Å². The number of benzene rings is 2. The largest absolute Gasteiger partial charge is 0.416 e. The molecule has 1 aliphatic rings. The van der Waals surface area contributed by atoms with Gasteiger partial charge in [0.05, 0.1) is 17.7 Å². The van der Waals surface area contributed by atoms with Gasteiger partial charge in [0.2, 0.25) is 5.91 Å². The molecule has 1 amide bonds. The lowest BCUT2D eigenvalue weighted by Crippen LogP contribution is -2.47. The lowest BCUT2D eigenvalue weighted by molar-refractivity contribution is -0.137. The van der Waals surface area contributed by atoms with Gasteiger partial charge in [-0.05, 0) is 48.0 Å². The molecule has 4 rings (SSSR count). The van der Waals surface area contributed by atoms with Gasteiger partial charge in [0.1, 0.15) is 6.04 Å². The topological polar surface area (TPSA) is 97.8 Å². The first kappa shape index (κ1) is 22.8. The molecule has 1 fully saturated rings. The molecule has 0 radical (unpaired) electrons. The van der Waals surface area contributed by atoms with Gasteiger partial charge in [-0.2, -0.15) is 18.4 Å². The van der Waals surface area contributed by atoms with Crippen LogP contribution >= 0.6 is 0 Å². The molecule has 3 atom stereocenters. The molecular weight excluding hydrogens is 433 g/mol. The first-order valence-electron chi connectivity index (χ1n) is 10.8. The molecule has 1 saturated heterocycles. The molecule has 3 N–H and O–H groups in total. The number of pyridine rings is 1. The molecule has 0 aliphatic carbocycles. The van der Waals surface area contributed by atoms with Crippen LogP contribution < -0.4 is 16.2 Å². The number of rotatable bonds is 5. The van der Waals surface area contributed by atoms with E-state index >= 15 is 0 Å². The van der Waals surface area contributed by atoms with Gasteiger partial charge in [-0.1, -0.05) is 31.5 Å². The molecule has 1 aliphatic heterocycles. The summed E-state index contributed by atoms with van der Waals surface area (Å²) in [5.41, 5.74) is -0.585. The number of fused-ring (bicyclic) bond motifs is 3. The molecule has 33 heavy (non-hydrogen) atoms. The van der Waals surface area contributed by atoms with Crippen LogP contribution in [0.1, 0.15) is 30.9 Å². The summed E-state index contributed by atoms with van der Waals surface area (Å²) in [6, 6.07) is 9.25. The van der Waals surface area contributed by atoms with E-state index in [0.717, 1.165) is 31.5 Å². The van der Waals surface area contributed by atoms with Crippen molar-refractivity contribution in [2.45, 2.75) is 44.4 Å². The number of carbonyl (C=O) groups excluding carboxylic acids is 1. The highest BCUT2D eigenvalue weighted by Gasteiger charge is 2.32. The highest BCUT2D eigenvalue weighted by Crippen LogP contribution is 2.32. The third-order valence-electron chi connectivity index (χ3n) is 6.28. The predicted octanol–water partition coefficient (Wildman–Crippen LogP) is 3.64. The first-order chi connectivity index (χ1) is 15.7. The van der Waals surface area contributed by atoms with E-state index in [1.807, 2.05) is 6.92 Å². The Balaban J connectivity index is 1.60. The summed E-state index contributed by atoms with van der Waals surface area (Å²) in [7, 11) is 0. The fourth-order valence-electron chi connectivity index (χ4n) is 4.52. The number of halogens is 3. The van der Waals surface area contributed by atoms with Crippen LogP contribution in [0.25, 0.3) is 21.7 Å². The van der Waals surface area contributed by atoms with Gasteiger partial charge in [-0.25, -0.2) is 0 Å². The number of hydrogen-bond acceptors (Lipinski definition) is 4. The Bertz CT molecular complexity index is 1310. The molecule has 6 nitrogen and oxygen atoms in total. The zero-order chi connectivity index (χ0) is 23.8. The van der Waals surface area contributed by atoms with Gasteiger partial charge in [0.15, 0.2) is 0 Å². The number of H-pyrrole nitrogens is 1. The highest BCUT2D eigenvalue weighted by molar-refractivity contribution is 6.05. The molecule has 1 aromatic heterocycles. The number of aromatic nitrogens is 1. The van der Waals surface area contributed by atoms with Crippen LogP contribution in [0.3, 0.4) is 0 Å². The lowest BCUT2D eigenvalue weighted by atomic mass is 9.96. The molecule has 2 heterocycles. The third kappa shape index (κ3) is 4.57. The van der Waals surface area contributed by atoms with Gasteiger partial charge >= 0.3 is 6.18 Å². The molecular formula is C24H23F3N4O2. The highest BCUT2D eigenvalue weighted by atomic mass is 19.4. The smallest absolute Gasteiger partial charge is 0.339 e. The van der Waals surface area contributed by atoms with E-state index < -0.39 is 23.3 Å². The minimum absolute atomic E-state index is 0.104. The zero-order valence-corrected chi connectivity index (χ0v) is 17.9. The van der Waals surface area contributed by atoms with Crippen molar-refractivity contribution in [1.82, 2.24) is 15.6 Å².